The zero-order valence-electron chi connectivity index (χ0n) is 16.2. The van der Waals surface area contributed by atoms with Crippen LogP contribution in [0, 0.1) is 13.8 Å². The standard InChI is InChI=1S/C19H22N8O2/c1-13-9-19(29)27(12-23-13)11-18(28)22-8-7-21-16-10-17(25-14(2)24-16)26-15-5-3-4-6-20-15/h3-6,9-10,12H,7-8,11H2,1-2H3,(H,22,28)(H2,20,21,24,25,26). The lowest BCUT2D eigenvalue weighted by Crippen LogP contribution is -2.34. The highest BCUT2D eigenvalue weighted by Crippen LogP contribution is 2.15. The third kappa shape index (κ3) is 6.09. The number of aryl methyl sites for hydroxylation is 2. The summed E-state index contributed by atoms with van der Waals surface area (Å²) in [6.07, 6.45) is 3.06. The van der Waals surface area contributed by atoms with Gasteiger partial charge in [0.05, 0.1) is 6.33 Å². The summed E-state index contributed by atoms with van der Waals surface area (Å²) in [4.78, 5) is 40.7. The summed E-state index contributed by atoms with van der Waals surface area (Å²) < 4.78 is 1.26. The Labute approximate surface area is 167 Å². The first kappa shape index (κ1) is 19.9. The number of pyridine rings is 1. The fourth-order valence-corrected chi connectivity index (χ4v) is 2.53. The van der Waals surface area contributed by atoms with Gasteiger partial charge in [0.1, 0.15) is 29.8 Å². The lowest BCUT2D eigenvalue weighted by molar-refractivity contribution is -0.121. The summed E-state index contributed by atoms with van der Waals surface area (Å²) in [5, 5.41) is 9.02. The predicted octanol–water partition coefficient (Wildman–Crippen LogP) is 1.02. The molecule has 3 rings (SSSR count). The van der Waals surface area contributed by atoms with E-state index in [1.54, 1.807) is 26.1 Å². The second kappa shape index (κ2) is 9.40. The van der Waals surface area contributed by atoms with Crippen LogP contribution in [-0.2, 0) is 11.3 Å². The summed E-state index contributed by atoms with van der Waals surface area (Å²) in [7, 11) is 0. The van der Waals surface area contributed by atoms with Gasteiger partial charge in [-0.1, -0.05) is 6.07 Å². The van der Waals surface area contributed by atoms with Gasteiger partial charge < -0.3 is 16.0 Å². The van der Waals surface area contributed by atoms with Gasteiger partial charge in [0.15, 0.2) is 0 Å². The maximum Gasteiger partial charge on any atom is 0.253 e. The quantitative estimate of drug-likeness (QED) is 0.483. The SMILES string of the molecule is Cc1cc(=O)n(CC(=O)NCCNc2cc(Nc3ccccn3)nc(C)n2)cn1. The van der Waals surface area contributed by atoms with E-state index in [0.29, 0.717) is 42.1 Å². The average molecular weight is 394 g/mol. The van der Waals surface area contributed by atoms with Crippen LogP contribution >= 0.6 is 0 Å². The Kier molecular flexibility index (Phi) is 6.46. The first-order chi connectivity index (χ1) is 14.0. The minimum absolute atomic E-state index is 0.0725. The highest BCUT2D eigenvalue weighted by Gasteiger charge is 2.06. The molecule has 1 amide bonds. The van der Waals surface area contributed by atoms with Crippen molar-refractivity contribution in [2.45, 2.75) is 20.4 Å². The van der Waals surface area contributed by atoms with E-state index in [2.05, 4.69) is 35.9 Å². The van der Waals surface area contributed by atoms with Crippen molar-refractivity contribution in [2.24, 2.45) is 0 Å². The molecule has 0 aliphatic rings. The van der Waals surface area contributed by atoms with Crippen molar-refractivity contribution >= 4 is 23.4 Å². The molecule has 0 fully saturated rings. The molecule has 0 unspecified atom stereocenters. The van der Waals surface area contributed by atoms with Gasteiger partial charge in [-0.3, -0.25) is 14.2 Å². The molecule has 3 heterocycles. The number of nitrogens with one attached hydrogen (secondary N) is 3. The lowest BCUT2D eigenvalue weighted by Gasteiger charge is -2.11. The number of hydrogen-bond donors (Lipinski definition) is 3. The van der Waals surface area contributed by atoms with E-state index >= 15 is 0 Å². The highest BCUT2D eigenvalue weighted by molar-refractivity contribution is 5.75. The van der Waals surface area contributed by atoms with Crippen LogP contribution in [0.3, 0.4) is 0 Å². The van der Waals surface area contributed by atoms with E-state index in [4.69, 9.17) is 0 Å². The molecule has 0 saturated heterocycles. The molecule has 3 aromatic heterocycles. The average Bonchev–Trinajstić information content (AvgIpc) is 2.68. The predicted molar refractivity (Wildman–Crippen MR) is 109 cm³/mol. The van der Waals surface area contributed by atoms with Crippen molar-refractivity contribution in [2.75, 3.05) is 23.7 Å². The molecule has 10 heteroatoms. The molecule has 0 saturated carbocycles. The Morgan fingerprint density at radius 2 is 1.86 bits per heavy atom. The second-order valence-electron chi connectivity index (χ2n) is 6.30. The van der Waals surface area contributed by atoms with Crippen LogP contribution in [-0.4, -0.2) is 43.5 Å². The monoisotopic (exact) mass is 394 g/mol. The first-order valence-electron chi connectivity index (χ1n) is 9.07. The van der Waals surface area contributed by atoms with Crippen molar-refractivity contribution in [3.63, 3.8) is 0 Å². The van der Waals surface area contributed by atoms with Gasteiger partial charge in [0, 0.05) is 37.1 Å². The van der Waals surface area contributed by atoms with Crippen LogP contribution < -0.4 is 21.5 Å². The van der Waals surface area contributed by atoms with Crippen LogP contribution in [0.5, 0.6) is 0 Å². The Bertz CT molecular complexity index is 1040. The first-order valence-corrected chi connectivity index (χ1v) is 9.07. The van der Waals surface area contributed by atoms with E-state index in [1.165, 1.54) is 17.0 Å². The van der Waals surface area contributed by atoms with Crippen molar-refractivity contribution < 1.29 is 4.79 Å². The molecule has 150 valence electrons. The number of aromatic nitrogens is 5. The van der Waals surface area contributed by atoms with Crippen LogP contribution in [0.2, 0.25) is 0 Å². The molecule has 0 radical (unpaired) electrons. The Hall–Kier alpha value is -3.82. The Balaban J connectivity index is 1.48. The molecule has 29 heavy (non-hydrogen) atoms. The number of amides is 1. The van der Waals surface area contributed by atoms with Crippen LogP contribution in [0.25, 0.3) is 0 Å². The second-order valence-corrected chi connectivity index (χ2v) is 6.30. The van der Waals surface area contributed by atoms with Crippen molar-refractivity contribution in [3.05, 3.63) is 64.7 Å². The molecule has 0 atom stereocenters. The van der Waals surface area contributed by atoms with Gasteiger partial charge in [-0.15, -0.1) is 0 Å². The largest absolute Gasteiger partial charge is 0.368 e. The zero-order chi connectivity index (χ0) is 20.6. The molecule has 3 aromatic rings. The van der Waals surface area contributed by atoms with Gasteiger partial charge in [0.25, 0.3) is 5.56 Å². The van der Waals surface area contributed by atoms with Gasteiger partial charge in [0.2, 0.25) is 5.91 Å². The van der Waals surface area contributed by atoms with Gasteiger partial charge in [-0.2, -0.15) is 0 Å². The lowest BCUT2D eigenvalue weighted by atomic mass is 10.4. The highest BCUT2D eigenvalue weighted by atomic mass is 16.2. The van der Waals surface area contributed by atoms with Crippen LogP contribution in [0.1, 0.15) is 11.5 Å². The van der Waals surface area contributed by atoms with Gasteiger partial charge in [-0.05, 0) is 26.0 Å². The summed E-state index contributed by atoms with van der Waals surface area (Å²) in [5.41, 5.74) is 0.364. The Morgan fingerprint density at radius 1 is 1.03 bits per heavy atom. The minimum atomic E-state index is -0.268. The maximum absolute atomic E-state index is 12.0. The van der Waals surface area contributed by atoms with E-state index in [-0.39, 0.29) is 18.0 Å². The number of carbonyl (C=O) groups is 1. The fourth-order valence-electron chi connectivity index (χ4n) is 2.53. The molecule has 10 nitrogen and oxygen atoms in total. The van der Waals surface area contributed by atoms with E-state index in [0.717, 1.165) is 0 Å². The zero-order valence-corrected chi connectivity index (χ0v) is 16.2. The van der Waals surface area contributed by atoms with E-state index in [1.807, 2.05) is 18.2 Å². The third-order valence-corrected chi connectivity index (χ3v) is 3.84. The summed E-state index contributed by atoms with van der Waals surface area (Å²) in [6.45, 7) is 4.29. The summed E-state index contributed by atoms with van der Waals surface area (Å²) >= 11 is 0. The van der Waals surface area contributed by atoms with E-state index in [9.17, 15) is 9.59 Å². The molecule has 0 bridgehead atoms. The van der Waals surface area contributed by atoms with Crippen LogP contribution in [0.15, 0.2) is 47.7 Å². The minimum Gasteiger partial charge on any atom is -0.368 e. The van der Waals surface area contributed by atoms with Gasteiger partial charge in [-0.25, -0.2) is 19.9 Å². The normalized spacial score (nSPS) is 10.4. The Morgan fingerprint density at radius 3 is 2.62 bits per heavy atom. The molecular formula is C19H22N8O2. The van der Waals surface area contributed by atoms with E-state index < -0.39 is 0 Å². The third-order valence-electron chi connectivity index (χ3n) is 3.84. The maximum atomic E-state index is 12.0. The van der Waals surface area contributed by atoms with Crippen molar-refractivity contribution in [3.8, 4) is 0 Å². The van der Waals surface area contributed by atoms with Crippen LogP contribution in [0.4, 0.5) is 17.5 Å². The molecular weight excluding hydrogens is 372 g/mol. The fraction of sp³-hybridized carbons (Fsp3) is 0.263. The molecule has 0 aliphatic heterocycles. The number of hydrogen-bond acceptors (Lipinski definition) is 8. The van der Waals surface area contributed by atoms with Crippen molar-refractivity contribution in [1.29, 1.82) is 0 Å². The molecule has 0 spiro atoms. The molecule has 0 aliphatic carbocycles. The summed E-state index contributed by atoms with van der Waals surface area (Å²) in [6, 6.07) is 8.72. The number of carbonyl (C=O) groups excluding carboxylic acids is 1. The van der Waals surface area contributed by atoms with Gasteiger partial charge >= 0.3 is 0 Å². The molecule has 0 aromatic carbocycles. The molecule has 3 N–H and O–H groups in total. The smallest absolute Gasteiger partial charge is 0.253 e. The number of nitrogens with zero attached hydrogens (tertiary/aromatic N) is 5. The topological polar surface area (TPSA) is 127 Å². The summed E-state index contributed by atoms with van der Waals surface area (Å²) in [5.74, 6) is 2.27. The van der Waals surface area contributed by atoms with Crippen molar-refractivity contribution in [1.82, 2.24) is 29.8 Å². The number of rotatable bonds is 8. The number of anilines is 3.